The number of para-hydroxylation sites is 1. The van der Waals surface area contributed by atoms with Gasteiger partial charge in [0.05, 0.1) is 17.8 Å². The smallest absolute Gasteiger partial charge is 0.319 e. The number of imidazole rings is 1. The fourth-order valence-electron chi connectivity index (χ4n) is 3.37. The molecule has 6 nitrogen and oxygen atoms in total. The minimum Gasteiger partial charge on any atom is -0.355 e. The molecule has 0 fully saturated rings. The Hall–Kier alpha value is -3.52. The second-order valence-electron chi connectivity index (χ2n) is 7.10. The van der Waals surface area contributed by atoms with Gasteiger partial charge >= 0.3 is 6.55 Å². The van der Waals surface area contributed by atoms with Crippen molar-refractivity contribution in [3.8, 4) is 16.9 Å². The normalized spacial score (nSPS) is 11.1. The number of hydrogen-bond acceptors (Lipinski definition) is 3. The predicted molar refractivity (Wildman–Crippen MR) is 118 cm³/mol. The number of benzene rings is 2. The van der Waals surface area contributed by atoms with E-state index in [1.807, 2.05) is 48.7 Å². The van der Waals surface area contributed by atoms with Crippen molar-refractivity contribution in [1.82, 2.24) is 24.6 Å². The molecular formula is C23H20ClF2N5O. The van der Waals surface area contributed by atoms with Gasteiger partial charge < -0.3 is 5.32 Å². The van der Waals surface area contributed by atoms with Crippen LogP contribution in [0.15, 0.2) is 73.2 Å². The second kappa shape index (κ2) is 9.74. The minimum absolute atomic E-state index is 0.0914. The van der Waals surface area contributed by atoms with Crippen LogP contribution in [0.5, 0.6) is 0 Å². The molecule has 1 N–H and O–H groups in total. The molecular weight excluding hydrogens is 436 g/mol. The Morgan fingerprint density at radius 2 is 1.84 bits per heavy atom. The van der Waals surface area contributed by atoms with Crippen LogP contribution in [0.1, 0.15) is 17.9 Å². The maximum Gasteiger partial charge on any atom is 0.319 e. The fraction of sp³-hybridized carbons (Fsp3) is 0.174. The van der Waals surface area contributed by atoms with E-state index in [1.165, 1.54) is 12.4 Å². The van der Waals surface area contributed by atoms with Crippen LogP contribution >= 0.6 is 11.6 Å². The van der Waals surface area contributed by atoms with Crippen LogP contribution in [-0.4, -0.2) is 31.8 Å². The first kappa shape index (κ1) is 21.7. The molecule has 9 heteroatoms. The number of nitrogens with one attached hydrogen (secondary N) is 1. The van der Waals surface area contributed by atoms with Gasteiger partial charge in [-0.05, 0) is 24.3 Å². The molecule has 0 unspecified atom stereocenters. The van der Waals surface area contributed by atoms with E-state index in [9.17, 15) is 13.6 Å². The van der Waals surface area contributed by atoms with Crippen LogP contribution in [0.4, 0.5) is 8.78 Å². The summed E-state index contributed by atoms with van der Waals surface area (Å²) in [7, 11) is 0. The molecule has 0 aliphatic carbocycles. The molecule has 4 aromatic rings. The van der Waals surface area contributed by atoms with Crippen LogP contribution < -0.4 is 5.32 Å². The van der Waals surface area contributed by atoms with Crippen molar-refractivity contribution in [2.24, 2.45) is 0 Å². The number of aromatic nitrogens is 4. The third-order valence-corrected chi connectivity index (χ3v) is 5.16. The van der Waals surface area contributed by atoms with Crippen molar-refractivity contribution < 1.29 is 13.6 Å². The summed E-state index contributed by atoms with van der Waals surface area (Å²) < 4.78 is 28.4. The molecule has 0 aliphatic heterocycles. The fourth-order valence-corrected chi connectivity index (χ4v) is 3.49. The molecule has 32 heavy (non-hydrogen) atoms. The Morgan fingerprint density at radius 1 is 1.09 bits per heavy atom. The summed E-state index contributed by atoms with van der Waals surface area (Å²) in [4.78, 5) is 16.5. The number of nitrogens with zero attached hydrogens (tertiary/aromatic N) is 4. The average Bonchev–Trinajstić information content (AvgIpc) is 3.42. The molecule has 0 aliphatic rings. The Labute approximate surface area is 188 Å². The molecule has 0 radical (unpaired) electrons. The molecule has 0 saturated heterocycles. The highest BCUT2D eigenvalue weighted by Crippen LogP contribution is 2.25. The molecule has 4 rings (SSSR count). The largest absolute Gasteiger partial charge is 0.355 e. The highest BCUT2D eigenvalue weighted by atomic mass is 35.5. The van der Waals surface area contributed by atoms with E-state index in [0.717, 1.165) is 21.4 Å². The standard InChI is InChI=1S/C23H20ClF2N5O/c24-18-8-6-16(7-9-18)22-17(15-31(29-22)19-4-2-1-3-5-19)14-21(32)28-11-10-20-27-12-13-30(20)23(25)26/h1-9,12-13,15,23H,10-11,14H2,(H,28,32). The third-order valence-electron chi connectivity index (χ3n) is 4.91. The lowest BCUT2D eigenvalue weighted by atomic mass is 10.1. The summed E-state index contributed by atoms with van der Waals surface area (Å²) in [5.74, 6) is -0.0120. The van der Waals surface area contributed by atoms with Crippen molar-refractivity contribution in [2.75, 3.05) is 6.54 Å². The van der Waals surface area contributed by atoms with Crippen LogP contribution in [-0.2, 0) is 17.6 Å². The molecule has 164 valence electrons. The van der Waals surface area contributed by atoms with E-state index in [1.54, 1.807) is 16.8 Å². The first-order valence-electron chi connectivity index (χ1n) is 9.98. The third kappa shape index (κ3) is 5.03. The van der Waals surface area contributed by atoms with Crippen molar-refractivity contribution >= 4 is 17.5 Å². The number of hydrogen-bond donors (Lipinski definition) is 1. The van der Waals surface area contributed by atoms with Gasteiger partial charge in [-0.3, -0.25) is 9.36 Å². The molecule has 0 atom stereocenters. The van der Waals surface area contributed by atoms with E-state index in [2.05, 4.69) is 15.4 Å². The van der Waals surface area contributed by atoms with Gasteiger partial charge in [0, 0.05) is 47.7 Å². The summed E-state index contributed by atoms with van der Waals surface area (Å²) >= 11 is 6.01. The monoisotopic (exact) mass is 455 g/mol. The van der Waals surface area contributed by atoms with Gasteiger partial charge in [0.25, 0.3) is 0 Å². The van der Waals surface area contributed by atoms with Crippen LogP contribution in [0.3, 0.4) is 0 Å². The SMILES string of the molecule is O=C(Cc1cn(-c2ccccc2)nc1-c1ccc(Cl)cc1)NCCc1nccn1C(F)F. The van der Waals surface area contributed by atoms with E-state index >= 15 is 0 Å². The van der Waals surface area contributed by atoms with Gasteiger partial charge in [-0.1, -0.05) is 41.9 Å². The average molecular weight is 456 g/mol. The zero-order chi connectivity index (χ0) is 22.5. The summed E-state index contributed by atoms with van der Waals surface area (Å²) in [5.41, 5.74) is 3.12. The second-order valence-corrected chi connectivity index (χ2v) is 7.53. The Balaban J connectivity index is 1.50. The lowest BCUT2D eigenvalue weighted by Crippen LogP contribution is -2.28. The molecule has 1 amide bonds. The van der Waals surface area contributed by atoms with Crippen LogP contribution in [0.25, 0.3) is 16.9 Å². The zero-order valence-corrected chi connectivity index (χ0v) is 17.7. The van der Waals surface area contributed by atoms with Crippen molar-refractivity contribution in [2.45, 2.75) is 19.4 Å². The lowest BCUT2D eigenvalue weighted by Gasteiger charge is -2.08. The molecule has 0 saturated carbocycles. The lowest BCUT2D eigenvalue weighted by molar-refractivity contribution is -0.120. The van der Waals surface area contributed by atoms with Crippen molar-refractivity contribution in [1.29, 1.82) is 0 Å². The van der Waals surface area contributed by atoms with E-state index in [-0.39, 0.29) is 31.1 Å². The van der Waals surface area contributed by atoms with Gasteiger partial charge in [0.2, 0.25) is 5.91 Å². The van der Waals surface area contributed by atoms with Crippen LogP contribution in [0, 0.1) is 0 Å². The Bertz CT molecular complexity index is 1190. The van der Waals surface area contributed by atoms with E-state index in [0.29, 0.717) is 10.7 Å². The summed E-state index contributed by atoms with van der Waals surface area (Å²) in [6, 6.07) is 16.8. The summed E-state index contributed by atoms with van der Waals surface area (Å²) in [6.07, 6.45) is 4.66. The van der Waals surface area contributed by atoms with Crippen molar-refractivity contribution in [3.05, 3.63) is 89.6 Å². The maximum absolute atomic E-state index is 12.9. The van der Waals surface area contributed by atoms with Crippen LogP contribution in [0.2, 0.25) is 5.02 Å². The molecule has 2 aromatic heterocycles. The Morgan fingerprint density at radius 3 is 2.56 bits per heavy atom. The highest BCUT2D eigenvalue weighted by molar-refractivity contribution is 6.30. The summed E-state index contributed by atoms with van der Waals surface area (Å²) in [5, 5.41) is 8.07. The summed E-state index contributed by atoms with van der Waals surface area (Å²) in [6.45, 7) is -2.46. The quantitative estimate of drug-likeness (QED) is 0.419. The molecule has 0 bridgehead atoms. The Kier molecular flexibility index (Phi) is 6.61. The van der Waals surface area contributed by atoms with Gasteiger partial charge in [-0.25, -0.2) is 9.67 Å². The van der Waals surface area contributed by atoms with Gasteiger partial charge in [-0.2, -0.15) is 13.9 Å². The molecule has 0 spiro atoms. The predicted octanol–water partition coefficient (Wildman–Crippen LogP) is 4.69. The van der Waals surface area contributed by atoms with Crippen molar-refractivity contribution in [3.63, 3.8) is 0 Å². The van der Waals surface area contributed by atoms with E-state index < -0.39 is 6.55 Å². The van der Waals surface area contributed by atoms with E-state index in [4.69, 9.17) is 11.6 Å². The number of carbonyl (C=O) groups is 1. The first-order valence-corrected chi connectivity index (χ1v) is 10.4. The minimum atomic E-state index is -2.66. The molecule has 2 aromatic carbocycles. The number of carbonyl (C=O) groups excluding carboxylic acids is 1. The zero-order valence-electron chi connectivity index (χ0n) is 17.0. The highest BCUT2D eigenvalue weighted by Gasteiger charge is 2.16. The molecule has 2 heterocycles. The van der Waals surface area contributed by atoms with Gasteiger partial charge in [-0.15, -0.1) is 0 Å². The number of amides is 1. The van der Waals surface area contributed by atoms with Gasteiger partial charge in [0.1, 0.15) is 5.82 Å². The number of rotatable bonds is 8. The number of alkyl halides is 2. The maximum atomic E-state index is 12.9. The number of halogens is 3. The van der Waals surface area contributed by atoms with Gasteiger partial charge in [0.15, 0.2) is 0 Å². The first-order chi connectivity index (χ1) is 15.5. The topological polar surface area (TPSA) is 64.7 Å².